The van der Waals surface area contributed by atoms with Gasteiger partial charge in [-0.15, -0.1) is 0 Å². The number of nitrogens with one attached hydrogen (secondary N) is 1. The van der Waals surface area contributed by atoms with Crippen LogP contribution < -0.4 is 5.32 Å². The molecule has 0 aliphatic rings. The van der Waals surface area contributed by atoms with Gasteiger partial charge in [0, 0.05) is 6.42 Å². The van der Waals surface area contributed by atoms with Gasteiger partial charge in [0.15, 0.2) is 0 Å². The minimum Gasteiger partial charge on any atom is -0.467 e. The standard InChI is InChI=1S/C16H23NO4/c1-11-6-8-12(9-7-11)10-13(14(18)20-5)17-15(19)21-16(2,3)4/h6-9,13H,10H2,1-5H3,(H,17,19)/t13-/m1/s1. The number of esters is 1. The number of alkyl carbamates (subject to hydrolysis) is 1. The molecule has 1 amide bonds. The number of ether oxygens (including phenoxy) is 2. The molecule has 1 aromatic rings. The summed E-state index contributed by atoms with van der Waals surface area (Å²) in [5, 5.41) is 2.55. The topological polar surface area (TPSA) is 64.6 Å². The maximum absolute atomic E-state index is 11.8. The number of amides is 1. The fourth-order valence-corrected chi connectivity index (χ4v) is 1.75. The summed E-state index contributed by atoms with van der Waals surface area (Å²) in [5.41, 5.74) is 1.45. The maximum atomic E-state index is 11.8. The summed E-state index contributed by atoms with van der Waals surface area (Å²) in [4.78, 5) is 23.6. The molecule has 0 radical (unpaired) electrons. The zero-order valence-corrected chi connectivity index (χ0v) is 13.2. The van der Waals surface area contributed by atoms with Crippen molar-refractivity contribution in [2.24, 2.45) is 0 Å². The van der Waals surface area contributed by atoms with Crippen molar-refractivity contribution in [3.05, 3.63) is 35.4 Å². The summed E-state index contributed by atoms with van der Waals surface area (Å²) in [6.45, 7) is 7.28. The van der Waals surface area contributed by atoms with E-state index < -0.39 is 23.7 Å². The minimum atomic E-state index is -0.771. The van der Waals surface area contributed by atoms with Crippen LogP contribution in [0.3, 0.4) is 0 Å². The first kappa shape index (κ1) is 17.0. The predicted molar refractivity (Wildman–Crippen MR) is 80.1 cm³/mol. The number of carbonyl (C=O) groups is 2. The molecular weight excluding hydrogens is 270 g/mol. The highest BCUT2D eigenvalue weighted by Gasteiger charge is 2.25. The summed E-state index contributed by atoms with van der Waals surface area (Å²) in [5.74, 6) is -0.499. The number of methoxy groups -OCH3 is 1. The molecule has 0 saturated heterocycles. The average Bonchev–Trinajstić information content (AvgIpc) is 2.37. The monoisotopic (exact) mass is 293 g/mol. The van der Waals surface area contributed by atoms with Crippen LogP contribution in [0.5, 0.6) is 0 Å². The Hall–Kier alpha value is -2.04. The summed E-state index contributed by atoms with van der Waals surface area (Å²) < 4.78 is 9.89. The van der Waals surface area contributed by atoms with Gasteiger partial charge in [0.05, 0.1) is 7.11 Å². The van der Waals surface area contributed by atoms with Crippen LogP contribution in [0.1, 0.15) is 31.9 Å². The number of benzene rings is 1. The number of aryl methyl sites for hydroxylation is 1. The summed E-state index contributed by atoms with van der Waals surface area (Å²) >= 11 is 0. The largest absolute Gasteiger partial charge is 0.467 e. The van der Waals surface area contributed by atoms with Crippen LogP contribution in [-0.2, 0) is 20.7 Å². The molecule has 0 aromatic heterocycles. The molecule has 1 rings (SSSR count). The van der Waals surface area contributed by atoms with Crippen molar-refractivity contribution in [3.63, 3.8) is 0 Å². The third kappa shape index (κ3) is 6.29. The van der Waals surface area contributed by atoms with Crippen LogP contribution in [0.2, 0.25) is 0 Å². The van der Waals surface area contributed by atoms with Crippen molar-refractivity contribution in [1.82, 2.24) is 5.32 Å². The molecule has 0 aliphatic carbocycles. The quantitative estimate of drug-likeness (QED) is 0.867. The molecule has 1 atom stereocenters. The van der Waals surface area contributed by atoms with E-state index in [1.165, 1.54) is 7.11 Å². The highest BCUT2D eigenvalue weighted by molar-refractivity contribution is 5.81. The Bertz CT molecular complexity index is 488. The number of hydrogen-bond donors (Lipinski definition) is 1. The van der Waals surface area contributed by atoms with Crippen LogP contribution >= 0.6 is 0 Å². The molecule has 0 bridgehead atoms. The molecule has 5 heteroatoms. The normalized spacial score (nSPS) is 12.4. The van der Waals surface area contributed by atoms with E-state index in [9.17, 15) is 9.59 Å². The van der Waals surface area contributed by atoms with Gasteiger partial charge in [0.2, 0.25) is 0 Å². The van der Waals surface area contributed by atoms with E-state index >= 15 is 0 Å². The number of carbonyl (C=O) groups excluding carboxylic acids is 2. The summed E-state index contributed by atoms with van der Waals surface area (Å²) in [6.07, 6.45) is -0.281. The smallest absolute Gasteiger partial charge is 0.408 e. The van der Waals surface area contributed by atoms with Gasteiger partial charge >= 0.3 is 12.1 Å². The molecule has 0 unspecified atom stereocenters. The minimum absolute atomic E-state index is 0.353. The molecule has 0 fully saturated rings. The van der Waals surface area contributed by atoms with Gasteiger partial charge in [-0.2, -0.15) is 0 Å². The van der Waals surface area contributed by atoms with Gasteiger partial charge < -0.3 is 14.8 Å². The highest BCUT2D eigenvalue weighted by atomic mass is 16.6. The van der Waals surface area contributed by atoms with E-state index in [1.807, 2.05) is 31.2 Å². The van der Waals surface area contributed by atoms with Crippen molar-refractivity contribution in [1.29, 1.82) is 0 Å². The van der Waals surface area contributed by atoms with Crippen LogP contribution in [-0.4, -0.2) is 30.8 Å². The second-order valence-corrected chi connectivity index (χ2v) is 5.91. The molecule has 0 saturated carbocycles. The zero-order valence-electron chi connectivity index (χ0n) is 13.2. The van der Waals surface area contributed by atoms with Gasteiger partial charge in [0.25, 0.3) is 0 Å². The Kier molecular flexibility index (Phi) is 5.76. The Balaban J connectivity index is 2.74. The van der Waals surface area contributed by atoms with Crippen molar-refractivity contribution in [2.45, 2.75) is 45.8 Å². The lowest BCUT2D eigenvalue weighted by Crippen LogP contribution is -2.45. The number of hydrogen-bond acceptors (Lipinski definition) is 4. The molecule has 1 aromatic carbocycles. The second kappa shape index (κ2) is 7.11. The van der Waals surface area contributed by atoms with Gasteiger partial charge in [-0.25, -0.2) is 9.59 Å². The van der Waals surface area contributed by atoms with E-state index in [4.69, 9.17) is 9.47 Å². The van der Waals surface area contributed by atoms with Crippen LogP contribution in [0, 0.1) is 6.92 Å². The van der Waals surface area contributed by atoms with Gasteiger partial charge in [-0.1, -0.05) is 29.8 Å². The maximum Gasteiger partial charge on any atom is 0.408 e. The van der Waals surface area contributed by atoms with E-state index in [1.54, 1.807) is 20.8 Å². The third-order valence-corrected chi connectivity index (χ3v) is 2.74. The molecule has 0 aliphatic heterocycles. The third-order valence-electron chi connectivity index (χ3n) is 2.74. The number of rotatable bonds is 4. The van der Waals surface area contributed by atoms with E-state index in [2.05, 4.69) is 5.32 Å². The second-order valence-electron chi connectivity index (χ2n) is 5.91. The summed E-state index contributed by atoms with van der Waals surface area (Å²) in [6, 6.07) is 6.98. The molecule has 0 spiro atoms. The first-order valence-electron chi connectivity index (χ1n) is 6.84. The molecule has 1 N–H and O–H groups in total. The Morgan fingerprint density at radius 1 is 1.19 bits per heavy atom. The van der Waals surface area contributed by atoms with Crippen molar-refractivity contribution < 1.29 is 19.1 Å². The van der Waals surface area contributed by atoms with Crippen molar-refractivity contribution >= 4 is 12.1 Å². The Morgan fingerprint density at radius 3 is 2.24 bits per heavy atom. The lowest BCUT2D eigenvalue weighted by Gasteiger charge is -2.22. The van der Waals surface area contributed by atoms with Crippen LogP contribution in [0.4, 0.5) is 4.79 Å². The molecule has 0 heterocycles. The first-order chi connectivity index (χ1) is 9.71. The first-order valence-corrected chi connectivity index (χ1v) is 6.84. The lowest BCUT2D eigenvalue weighted by atomic mass is 10.0. The fraction of sp³-hybridized carbons (Fsp3) is 0.500. The molecule has 116 valence electrons. The molecule has 5 nitrogen and oxygen atoms in total. The lowest BCUT2D eigenvalue weighted by molar-refractivity contribution is -0.143. The SMILES string of the molecule is COC(=O)[C@@H](Cc1ccc(C)cc1)NC(=O)OC(C)(C)C. The van der Waals surface area contributed by atoms with Gasteiger partial charge in [-0.3, -0.25) is 0 Å². The Labute approximate surface area is 125 Å². The fourth-order valence-electron chi connectivity index (χ4n) is 1.75. The van der Waals surface area contributed by atoms with Crippen LogP contribution in [0.15, 0.2) is 24.3 Å². The predicted octanol–water partition coefficient (Wildman–Crippen LogP) is 2.60. The van der Waals surface area contributed by atoms with Gasteiger partial charge in [-0.05, 0) is 33.3 Å². The van der Waals surface area contributed by atoms with E-state index in [-0.39, 0.29) is 0 Å². The highest BCUT2D eigenvalue weighted by Crippen LogP contribution is 2.10. The zero-order chi connectivity index (χ0) is 16.0. The summed E-state index contributed by atoms with van der Waals surface area (Å²) in [7, 11) is 1.29. The Morgan fingerprint density at radius 2 is 1.76 bits per heavy atom. The van der Waals surface area contributed by atoms with E-state index in [0.29, 0.717) is 6.42 Å². The molecule has 21 heavy (non-hydrogen) atoms. The van der Waals surface area contributed by atoms with Crippen LogP contribution in [0.25, 0.3) is 0 Å². The van der Waals surface area contributed by atoms with Gasteiger partial charge in [0.1, 0.15) is 11.6 Å². The molecular formula is C16H23NO4. The van der Waals surface area contributed by atoms with Crippen molar-refractivity contribution in [2.75, 3.05) is 7.11 Å². The van der Waals surface area contributed by atoms with Crippen molar-refractivity contribution in [3.8, 4) is 0 Å². The van der Waals surface area contributed by atoms with E-state index in [0.717, 1.165) is 11.1 Å². The average molecular weight is 293 g/mol.